The molecule has 3 nitrogen and oxygen atoms in total. The minimum atomic E-state index is 0.00857. The first-order valence-corrected chi connectivity index (χ1v) is 5.65. The molecule has 1 rings (SSSR count). The largest absolute Gasteiger partial charge is 0.296 e. The monoisotopic (exact) mass is 226 g/mol. The highest BCUT2D eigenvalue weighted by atomic mass is 32.1. The lowest BCUT2D eigenvalue weighted by Crippen LogP contribution is -2.31. The maximum absolute atomic E-state index is 11.8. The maximum atomic E-state index is 11.8. The molecular weight excluding hydrogens is 208 g/mol. The lowest BCUT2D eigenvalue weighted by molar-refractivity contribution is 0.340. The van der Waals surface area contributed by atoms with Crippen LogP contribution in [0.3, 0.4) is 0 Å². The van der Waals surface area contributed by atoms with Crippen molar-refractivity contribution in [3.05, 3.63) is 27.9 Å². The highest BCUT2D eigenvalue weighted by Crippen LogP contribution is 2.19. The Balaban J connectivity index is 3.11. The summed E-state index contributed by atoms with van der Waals surface area (Å²) in [6.45, 7) is 8.54. The fraction of sp³-hybridized carbons (Fsp3) is 0.636. The van der Waals surface area contributed by atoms with Gasteiger partial charge in [0.25, 0.3) is 5.56 Å². The summed E-state index contributed by atoms with van der Waals surface area (Å²) in [5.74, 6) is 1.52. The van der Waals surface area contributed by atoms with E-state index < -0.39 is 0 Å². The van der Waals surface area contributed by atoms with Crippen LogP contribution < -0.4 is 5.56 Å². The number of rotatable bonds is 3. The number of hydrogen-bond acceptors (Lipinski definition) is 3. The van der Waals surface area contributed by atoms with Crippen LogP contribution in [0.15, 0.2) is 10.9 Å². The molecule has 84 valence electrons. The van der Waals surface area contributed by atoms with Crippen LogP contribution in [0, 0.1) is 19.3 Å². The van der Waals surface area contributed by atoms with Crippen LogP contribution in [0.1, 0.15) is 25.4 Å². The van der Waals surface area contributed by atoms with Crippen molar-refractivity contribution in [2.24, 2.45) is 5.41 Å². The Morgan fingerprint density at radius 1 is 1.47 bits per heavy atom. The van der Waals surface area contributed by atoms with Crippen LogP contribution in [-0.4, -0.2) is 15.3 Å². The number of nitrogens with zero attached hydrogens (tertiary/aromatic N) is 2. The predicted octanol–water partition coefficient (Wildman–Crippen LogP) is 1.82. The minimum Gasteiger partial charge on any atom is -0.296 e. The van der Waals surface area contributed by atoms with E-state index in [-0.39, 0.29) is 11.0 Å². The molecule has 1 aromatic heterocycles. The molecule has 1 heterocycles. The van der Waals surface area contributed by atoms with Crippen molar-refractivity contribution in [3.8, 4) is 0 Å². The Hall–Kier alpha value is -0.770. The Morgan fingerprint density at radius 2 is 2.07 bits per heavy atom. The van der Waals surface area contributed by atoms with Crippen LogP contribution in [0.5, 0.6) is 0 Å². The van der Waals surface area contributed by atoms with Crippen molar-refractivity contribution in [1.29, 1.82) is 0 Å². The van der Waals surface area contributed by atoms with Gasteiger partial charge < -0.3 is 0 Å². The van der Waals surface area contributed by atoms with Crippen LogP contribution in [-0.2, 0) is 6.54 Å². The van der Waals surface area contributed by atoms with Crippen LogP contribution >= 0.6 is 12.6 Å². The van der Waals surface area contributed by atoms with Crippen molar-refractivity contribution in [1.82, 2.24) is 9.55 Å². The van der Waals surface area contributed by atoms with Gasteiger partial charge in [-0.05, 0) is 25.0 Å². The van der Waals surface area contributed by atoms with Crippen LogP contribution in [0.4, 0.5) is 0 Å². The molecule has 0 radical (unpaired) electrons. The highest BCUT2D eigenvalue weighted by Gasteiger charge is 2.18. The summed E-state index contributed by atoms with van der Waals surface area (Å²) in [4.78, 5) is 16.0. The number of thiol groups is 1. The van der Waals surface area contributed by atoms with Gasteiger partial charge in [0, 0.05) is 18.3 Å². The summed E-state index contributed by atoms with van der Waals surface area (Å²) >= 11 is 4.28. The van der Waals surface area contributed by atoms with Gasteiger partial charge in [-0.15, -0.1) is 0 Å². The van der Waals surface area contributed by atoms with E-state index in [1.807, 2.05) is 13.8 Å². The van der Waals surface area contributed by atoms with E-state index in [1.54, 1.807) is 10.6 Å². The number of hydrogen-bond donors (Lipinski definition) is 1. The first-order chi connectivity index (χ1) is 6.85. The SMILES string of the molecule is Cc1cc(=O)n(CC(C)(C)CS)c(C)n1. The number of aromatic nitrogens is 2. The van der Waals surface area contributed by atoms with E-state index >= 15 is 0 Å². The molecular formula is C11H18N2OS. The summed E-state index contributed by atoms with van der Waals surface area (Å²) in [6, 6.07) is 1.57. The molecule has 0 saturated heterocycles. The zero-order valence-electron chi connectivity index (χ0n) is 9.74. The summed E-state index contributed by atoms with van der Waals surface area (Å²) in [7, 11) is 0. The Kier molecular flexibility index (Phi) is 3.60. The molecule has 0 aliphatic carbocycles. The third-order valence-electron chi connectivity index (χ3n) is 2.34. The summed E-state index contributed by atoms with van der Waals surface area (Å²) in [5.41, 5.74) is 0.807. The molecule has 0 saturated carbocycles. The second-order valence-electron chi connectivity index (χ2n) is 4.69. The molecule has 0 N–H and O–H groups in total. The van der Waals surface area contributed by atoms with Gasteiger partial charge in [-0.2, -0.15) is 12.6 Å². The second kappa shape index (κ2) is 4.39. The maximum Gasteiger partial charge on any atom is 0.253 e. The van der Waals surface area contributed by atoms with E-state index in [0.717, 1.165) is 17.3 Å². The molecule has 0 fully saturated rings. The van der Waals surface area contributed by atoms with Crippen molar-refractivity contribution in [2.75, 3.05) is 5.75 Å². The molecule has 0 atom stereocenters. The lowest BCUT2D eigenvalue weighted by Gasteiger charge is -2.24. The minimum absolute atomic E-state index is 0.00857. The molecule has 15 heavy (non-hydrogen) atoms. The first-order valence-electron chi connectivity index (χ1n) is 5.02. The molecule has 4 heteroatoms. The topological polar surface area (TPSA) is 34.9 Å². The summed E-state index contributed by atoms with van der Waals surface area (Å²) < 4.78 is 1.71. The molecule has 0 aliphatic rings. The van der Waals surface area contributed by atoms with Crippen LogP contribution in [0.2, 0.25) is 0 Å². The Labute approximate surface area is 96.0 Å². The van der Waals surface area contributed by atoms with Gasteiger partial charge in [0.1, 0.15) is 5.82 Å². The van der Waals surface area contributed by atoms with Gasteiger partial charge in [0.15, 0.2) is 0 Å². The van der Waals surface area contributed by atoms with Crippen molar-refractivity contribution in [3.63, 3.8) is 0 Å². The van der Waals surface area contributed by atoms with E-state index in [9.17, 15) is 4.79 Å². The van der Waals surface area contributed by atoms with Gasteiger partial charge in [-0.3, -0.25) is 9.36 Å². The van der Waals surface area contributed by atoms with Gasteiger partial charge in [0.05, 0.1) is 0 Å². The van der Waals surface area contributed by atoms with E-state index in [2.05, 4.69) is 31.5 Å². The molecule has 0 spiro atoms. The second-order valence-corrected chi connectivity index (χ2v) is 5.01. The van der Waals surface area contributed by atoms with E-state index in [0.29, 0.717) is 6.54 Å². The van der Waals surface area contributed by atoms with Crippen molar-refractivity contribution < 1.29 is 0 Å². The lowest BCUT2D eigenvalue weighted by atomic mass is 9.96. The van der Waals surface area contributed by atoms with Gasteiger partial charge in [-0.25, -0.2) is 4.98 Å². The summed E-state index contributed by atoms with van der Waals surface area (Å²) in [6.07, 6.45) is 0. The predicted molar refractivity (Wildman–Crippen MR) is 65.6 cm³/mol. The third kappa shape index (κ3) is 3.09. The molecule has 0 bridgehead atoms. The molecule has 1 aromatic rings. The molecule has 0 aliphatic heterocycles. The van der Waals surface area contributed by atoms with Gasteiger partial charge in [-0.1, -0.05) is 13.8 Å². The van der Waals surface area contributed by atoms with E-state index in [4.69, 9.17) is 0 Å². The average molecular weight is 226 g/mol. The Bertz CT molecular complexity index is 410. The Morgan fingerprint density at radius 3 is 2.53 bits per heavy atom. The fourth-order valence-corrected chi connectivity index (χ4v) is 1.53. The van der Waals surface area contributed by atoms with Crippen LogP contribution in [0.25, 0.3) is 0 Å². The fourth-order valence-electron chi connectivity index (χ4n) is 1.43. The summed E-state index contributed by atoms with van der Waals surface area (Å²) in [5, 5.41) is 0. The smallest absolute Gasteiger partial charge is 0.253 e. The van der Waals surface area contributed by atoms with Crippen molar-refractivity contribution in [2.45, 2.75) is 34.2 Å². The van der Waals surface area contributed by atoms with E-state index in [1.165, 1.54) is 0 Å². The molecule has 0 unspecified atom stereocenters. The zero-order valence-corrected chi connectivity index (χ0v) is 10.6. The molecule has 0 aromatic carbocycles. The van der Waals surface area contributed by atoms with Gasteiger partial charge in [0.2, 0.25) is 0 Å². The molecule has 0 amide bonds. The average Bonchev–Trinajstić information content (AvgIpc) is 2.11. The van der Waals surface area contributed by atoms with Crippen molar-refractivity contribution >= 4 is 12.6 Å². The quantitative estimate of drug-likeness (QED) is 0.798. The first kappa shape index (κ1) is 12.3. The third-order valence-corrected chi connectivity index (χ3v) is 3.20. The normalized spacial score (nSPS) is 11.8. The number of aryl methyl sites for hydroxylation is 2. The van der Waals surface area contributed by atoms with Gasteiger partial charge >= 0.3 is 0 Å². The zero-order chi connectivity index (χ0) is 11.6. The standard InChI is InChI=1S/C11H18N2OS/c1-8-5-10(14)13(9(2)12-8)6-11(3,4)7-15/h5,15H,6-7H2,1-4H3. The highest BCUT2D eigenvalue weighted by molar-refractivity contribution is 7.80.